The zero-order chi connectivity index (χ0) is 22.2. The van der Waals surface area contributed by atoms with E-state index < -0.39 is 11.3 Å². The minimum absolute atomic E-state index is 0.221. The van der Waals surface area contributed by atoms with Crippen LogP contribution in [0.4, 0.5) is 11.4 Å². The van der Waals surface area contributed by atoms with Gasteiger partial charge in [-0.2, -0.15) is 4.98 Å². The Morgan fingerprint density at radius 3 is 2.34 bits per heavy atom. The normalized spacial score (nSPS) is 15.1. The molecule has 6 nitrogen and oxygen atoms in total. The van der Waals surface area contributed by atoms with Crippen molar-refractivity contribution in [2.24, 2.45) is 0 Å². The number of fused-ring (bicyclic) bond motifs is 3. The summed E-state index contributed by atoms with van der Waals surface area (Å²) in [5.41, 5.74) is 4.77. The van der Waals surface area contributed by atoms with Gasteiger partial charge < -0.3 is 9.12 Å². The van der Waals surface area contributed by atoms with E-state index in [-0.39, 0.29) is 5.56 Å². The SMILES string of the molecule is Cc1ccc(N(c2ccc(/C=C3\CCn4c3nc(=O)c3ccccc34)cc2)S(=O)[O-])cc1. The number of anilines is 2. The lowest BCUT2D eigenvalue weighted by atomic mass is 10.1. The lowest BCUT2D eigenvalue weighted by Crippen LogP contribution is -2.19. The molecule has 0 amide bonds. The Hall–Kier alpha value is -3.55. The molecule has 0 N–H and O–H groups in total. The molecule has 0 bridgehead atoms. The summed E-state index contributed by atoms with van der Waals surface area (Å²) in [6.45, 7) is 2.72. The van der Waals surface area contributed by atoms with E-state index in [4.69, 9.17) is 0 Å². The molecule has 0 spiro atoms. The number of hydrogen-bond donors (Lipinski definition) is 0. The van der Waals surface area contributed by atoms with Gasteiger partial charge >= 0.3 is 0 Å². The number of para-hydroxylation sites is 1. The van der Waals surface area contributed by atoms with Crippen LogP contribution in [-0.4, -0.2) is 18.3 Å². The quantitative estimate of drug-likeness (QED) is 0.434. The summed E-state index contributed by atoms with van der Waals surface area (Å²) in [7, 11) is 0. The van der Waals surface area contributed by atoms with E-state index in [1.54, 1.807) is 30.3 Å². The van der Waals surface area contributed by atoms with E-state index in [9.17, 15) is 13.6 Å². The van der Waals surface area contributed by atoms with Crippen LogP contribution in [0.5, 0.6) is 0 Å². The van der Waals surface area contributed by atoms with E-state index in [0.29, 0.717) is 22.6 Å². The Kier molecular flexibility index (Phi) is 5.20. The van der Waals surface area contributed by atoms with E-state index in [2.05, 4.69) is 9.55 Å². The number of aromatic nitrogens is 2. The van der Waals surface area contributed by atoms with Crippen LogP contribution in [0.3, 0.4) is 0 Å². The van der Waals surface area contributed by atoms with E-state index in [0.717, 1.165) is 35.2 Å². The highest BCUT2D eigenvalue weighted by atomic mass is 32.2. The summed E-state index contributed by atoms with van der Waals surface area (Å²) < 4.78 is 27.1. The van der Waals surface area contributed by atoms with Crippen LogP contribution in [0.15, 0.2) is 77.6 Å². The molecule has 160 valence electrons. The van der Waals surface area contributed by atoms with Gasteiger partial charge in [-0.25, -0.2) is 0 Å². The summed E-state index contributed by atoms with van der Waals surface area (Å²) >= 11 is -2.45. The van der Waals surface area contributed by atoms with Gasteiger partial charge in [0.15, 0.2) is 0 Å². The Balaban J connectivity index is 1.49. The molecule has 0 saturated carbocycles. The topological polar surface area (TPSA) is 78.3 Å². The maximum absolute atomic E-state index is 12.5. The average molecular weight is 443 g/mol. The summed E-state index contributed by atoms with van der Waals surface area (Å²) in [5.74, 6) is 0.694. The summed E-state index contributed by atoms with van der Waals surface area (Å²) in [6, 6.07) is 22.1. The highest BCUT2D eigenvalue weighted by molar-refractivity contribution is 7.81. The zero-order valence-corrected chi connectivity index (χ0v) is 18.2. The second-order valence-corrected chi connectivity index (χ2v) is 8.57. The molecule has 1 aliphatic rings. The Morgan fingerprint density at radius 1 is 1.00 bits per heavy atom. The van der Waals surface area contributed by atoms with Crippen molar-refractivity contribution < 1.29 is 8.76 Å². The first-order chi connectivity index (χ1) is 15.5. The van der Waals surface area contributed by atoms with E-state index >= 15 is 0 Å². The fourth-order valence-electron chi connectivity index (χ4n) is 4.08. The first kappa shape index (κ1) is 20.4. The van der Waals surface area contributed by atoms with Gasteiger partial charge in [0.05, 0.1) is 33.5 Å². The highest BCUT2D eigenvalue weighted by Gasteiger charge is 2.20. The van der Waals surface area contributed by atoms with Gasteiger partial charge in [-0.1, -0.05) is 42.0 Å². The number of benzene rings is 3. The standard InChI is InChI=1S/C25H21N3O3S/c1-17-6-10-20(11-7-17)28(32(30)31)21-12-8-18(9-13-21)16-19-14-15-27-23-5-3-2-4-22(23)25(29)26-24(19)27/h2-13,16H,14-15H2,1H3,(H,30,31)/p-1/b19-16+. The molecule has 1 unspecified atom stereocenters. The van der Waals surface area contributed by atoms with Crippen LogP contribution in [0, 0.1) is 6.92 Å². The Morgan fingerprint density at radius 2 is 1.66 bits per heavy atom. The van der Waals surface area contributed by atoms with Crippen molar-refractivity contribution in [1.29, 1.82) is 0 Å². The van der Waals surface area contributed by atoms with Gasteiger partial charge in [-0.15, -0.1) is 0 Å². The number of rotatable bonds is 4. The maximum atomic E-state index is 12.5. The molecule has 3 aromatic carbocycles. The number of aryl methyl sites for hydroxylation is 2. The second-order valence-electron chi connectivity index (χ2n) is 7.77. The van der Waals surface area contributed by atoms with Crippen molar-refractivity contribution in [2.75, 3.05) is 4.31 Å². The average Bonchev–Trinajstić information content (AvgIpc) is 3.19. The number of hydrogen-bond acceptors (Lipinski definition) is 4. The maximum Gasteiger partial charge on any atom is 0.281 e. The Labute approximate surface area is 187 Å². The van der Waals surface area contributed by atoms with Crippen molar-refractivity contribution in [3.05, 3.63) is 100 Å². The van der Waals surface area contributed by atoms with Crippen molar-refractivity contribution in [1.82, 2.24) is 9.55 Å². The third-order valence-electron chi connectivity index (χ3n) is 5.67. The number of nitrogens with zero attached hydrogens (tertiary/aromatic N) is 3. The molecule has 0 aliphatic carbocycles. The molecule has 2 heterocycles. The lowest BCUT2D eigenvalue weighted by Gasteiger charge is -2.26. The Bertz CT molecular complexity index is 1420. The van der Waals surface area contributed by atoms with Crippen molar-refractivity contribution in [2.45, 2.75) is 19.9 Å². The monoisotopic (exact) mass is 442 g/mol. The molecule has 1 atom stereocenters. The van der Waals surface area contributed by atoms with Crippen LogP contribution in [-0.2, 0) is 17.8 Å². The lowest BCUT2D eigenvalue weighted by molar-refractivity contribution is 0.537. The molecule has 1 aromatic heterocycles. The fraction of sp³-hybridized carbons (Fsp3) is 0.120. The van der Waals surface area contributed by atoms with Gasteiger partial charge in [-0.05, 0) is 67.0 Å². The summed E-state index contributed by atoms with van der Waals surface area (Å²) in [5, 5.41) is 0.628. The van der Waals surface area contributed by atoms with Crippen LogP contribution < -0.4 is 9.86 Å². The molecule has 7 heteroatoms. The molecule has 32 heavy (non-hydrogen) atoms. The molecule has 5 rings (SSSR count). The van der Waals surface area contributed by atoms with Crippen molar-refractivity contribution in [3.8, 4) is 0 Å². The van der Waals surface area contributed by atoms with Gasteiger partial charge in [0.25, 0.3) is 5.56 Å². The van der Waals surface area contributed by atoms with Gasteiger partial charge in [0.1, 0.15) is 5.82 Å². The highest BCUT2D eigenvalue weighted by Crippen LogP contribution is 2.31. The smallest absolute Gasteiger partial charge is 0.281 e. The summed E-state index contributed by atoms with van der Waals surface area (Å²) in [4.78, 5) is 16.8. The first-order valence-corrected chi connectivity index (χ1v) is 11.3. The third-order valence-corrected chi connectivity index (χ3v) is 6.39. The predicted octanol–water partition coefficient (Wildman–Crippen LogP) is 4.58. The van der Waals surface area contributed by atoms with Crippen LogP contribution >= 0.6 is 0 Å². The van der Waals surface area contributed by atoms with E-state index in [1.807, 2.05) is 55.5 Å². The van der Waals surface area contributed by atoms with Crippen LogP contribution in [0.2, 0.25) is 0 Å². The molecule has 0 fully saturated rings. The molecule has 0 radical (unpaired) electrons. The van der Waals surface area contributed by atoms with Gasteiger partial charge in [-0.3, -0.25) is 13.3 Å². The van der Waals surface area contributed by atoms with Gasteiger partial charge in [0, 0.05) is 6.54 Å². The summed E-state index contributed by atoms with van der Waals surface area (Å²) in [6.07, 6.45) is 2.79. The van der Waals surface area contributed by atoms with Crippen molar-refractivity contribution >= 4 is 45.2 Å². The zero-order valence-electron chi connectivity index (χ0n) is 17.4. The molecule has 0 saturated heterocycles. The first-order valence-electron chi connectivity index (χ1n) is 10.3. The van der Waals surface area contributed by atoms with Crippen molar-refractivity contribution in [3.63, 3.8) is 0 Å². The largest absolute Gasteiger partial charge is 0.755 e. The van der Waals surface area contributed by atoms with E-state index in [1.165, 1.54) is 4.31 Å². The second kappa shape index (κ2) is 8.18. The molecular weight excluding hydrogens is 422 g/mol. The third kappa shape index (κ3) is 3.66. The molecular formula is C25H20N3O3S-. The number of allylic oxidation sites excluding steroid dienone is 1. The molecule has 1 aliphatic heterocycles. The van der Waals surface area contributed by atoms with Crippen LogP contribution in [0.1, 0.15) is 23.4 Å². The minimum atomic E-state index is -2.45. The predicted molar refractivity (Wildman–Crippen MR) is 127 cm³/mol. The molecule has 4 aromatic rings. The minimum Gasteiger partial charge on any atom is -0.755 e. The van der Waals surface area contributed by atoms with Gasteiger partial charge in [0.2, 0.25) is 0 Å². The van der Waals surface area contributed by atoms with Crippen LogP contribution in [0.25, 0.3) is 22.6 Å². The fourth-order valence-corrected chi connectivity index (χ4v) is 4.67.